The third kappa shape index (κ3) is 4.08. The molecule has 0 amide bonds. The first-order chi connectivity index (χ1) is 14.0. The van der Waals surface area contributed by atoms with Gasteiger partial charge in [0.2, 0.25) is 0 Å². The van der Waals surface area contributed by atoms with E-state index < -0.39 is 29.2 Å². The predicted molar refractivity (Wildman–Crippen MR) is 107 cm³/mol. The van der Waals surface area contributed by atoms with Gasteiger partial charge in [-0.1, -0.05) is 25.8 Å². The Labute approximate surface area is 170 Å². The maximum atomic E-state index is 15.0. The lowest BCUT2D eigenvalue weighted by Crippen LogP contribution is -2.18. The monoisotopic (exact) mass is 404 g/mol. The Morgan fingerprint density at radius 1 is 0.828 bits per heavy atom. The largest absolute Gasteiger partial charge is 0.207 e. The second-order valence-electron chi connectivity index (χ2n) is 8.84. The van der Waals surface area contributed by atoms with Crippen molar-refractivity contribution in [2.24, 2.45) is 5.92 Å². The highest BCUT2D eigenvalue weighted by Gasteiger charge is 2.30. The van der Waals surface area contributed by atoms with Crippen molar-refractivity contribution in [2.75, 3.05) is 0 Å². The Morgan fingerprint density at radius 3 is 2.17 bits per heavy atom. The molecule has 0 nitrogen and oxygen atoms in total. The summed E-state index contributed by atoms with van der Waals surface area (Å²) in [6.45, 7) is 2.19. The first-order valence-corrected chi connectivity index (χ1v) is 10.9. The van der Waals surface area contributed by atoms with Gasteiger partial charge in [-0.3, -0.25) is 0 Å². The van der Waals surface area contributed by atoms with Crippen LogP contribution in [0.15, 0.2) is 24.3 Å². The Hall–Kier alpha value is -1.84. The molecule has 2 aliphatic carbocycles. The summed E-state index contributed by atoms with van der Waals surface area (Å²) in [7, 11) is 0. The lowest BCUT2D eigenvalue weighted by molar-refractivity contribution is 0.307. The summed E-state index contributed by atoms with van der Waals surface area (Å²) in [4.78, 5) is 0. The first kappa shape index (κ1) is 20.4. The Kier molecular flexibility index (Phi) is 5.98. The minimum absolute atomic E-state index is 0.0303. The van der Waals surface area contributed by atoms with E-state index in [-0.39, 0.29) is 23.5 Å². The Bertz CT molecular complexity index is 858. The van der Waals surface area contributed by atoms with Crippen LogP contribution in [0.5, 0.6) is 0 Å². The van der Waals surface area contributed by atoms with Crippen molar-refractivity contribution in [1.29, 1.82) is 0 Å². The number of hydrogen-bond donors (Lipinski definition) is 0. The molecule has 0 spiro atoms. The van der Waals surface area contributed by atoms with Crippen LogP contribution in [0.3, 0.4) is 0 Å². The van der Waals surface area contributed by atoms with Crippen LogP contribution >= 0.6 is 0 Å². The maximum absolute atomic E-state index is 15.0. The van der Waals surface area contributed by atoms with Gasteiger partial charge in [0.05, 0.1) is 0 Å². The minimum Gasteiger partial charge on any atom is -0.207 e. The predicted octanol–water partition coefficient (Wildman–Crippen LogP) is 7.59. The second kappa shape index (κ2) is 8.49. The van der Waals surface area contributed by atoms with Gasteiger partial charge < -0.3 is 0 Å². The molecule has 0 aromatic heterocycles. The molecule has 29 heavy (non-hydrogen) atoms. The fraction of sp³-hybridized carbons (Fsp3) is 0.520. The third-order valence-corrected chi connectivity index (χ3v) is 7.03. The zero-order chi connectivity index (χ0) is 20.5. The van der Waals surface area contributed by atoms with Crippen LogP contribution < -0.4 is 0 Å². The quantitative estimate of drug-likeness (QED) is 0.461. The molecule has 0 N–H and O–H groups in total. The summed E-state index contributed by atoms with van der Waals surface area (Å²) in [6, 6.07) is 5.68. The Morgan fingerprint density at radius 2 is 1.52 bits per heavy atom. The molecule has 2 aliphatic rings. The van der Waals surface area contributed by atoms with Crippen LogP contribution in [0.2, 0.25) is 0 Å². The molecule has 2 aromatic rings. The number of benzene rings is 2. The van der Waals surface area contributed by atoms with Crippen LogP contribution in [0.4, 0.5) is 17.6 Å². The molecule has 0 heterocycles. The van der Waals surface area contributed by atoms with Gasteiger partial charge in [0.25, 0.3) is 0 Å². The molecular formula is C25H28F4. The summed E-state index contributed by atoms with van der Waals surface area (Å²) in [6.07, 6.45) is 7.77. The van der Waals surface area contributed by atoms with Crippen molar-refractivity contribution in [2.45, 2.75) is 76.5 Å². The average molecular weight is 404 g/mol. The minimum atomic E-state index is -0.903. The maximum Gasteiger partial charge on any atom is 0.162 e. The highest BCUT2D eigenvalue weighted by atomic mass is 19.2. The number of halogens is 4. The lowest BCUT2D eigenvalue weighted by atomic mass is 9.76. The van der Waals surface area contributed by atoms with E-state index in [0.717, 1.165) is 48.8 Å². The van der Waals surface area contributed by atoms with E-state index in [1.807, 2.05) is 0 Å². The zero-order valence-electron chi connectivity index (χ0n) is 16.9. The highest BCUT2D eigenvalue weighted by Crippen LogP contribution is 2.41. The van der Waals surface area contributed by atoms with Gasteiger partial charge in [0.15, 0.2) is 11.6 Å². The van der Waals surface area contributed by atoms with E-state index in [2.05, 4.69) is 6.92 Å². The zero-order valence-corrected chi connectivity index (χ0v) is 16.9. The van der Waals surface area contributed by atoms with Gasteiger partial charge in [0.1, 0.15) is 11.6 Å². The van der Waals surface area contributed by atoms with Crippen molar-refractivity contribution < 1.29 is 17.6 Å². The van der Waals surface area contributed by atoms with Crippen molar-refractivity contribution in [3.8, 4) is 0 Å². The molecule has 0 aliphatic heterocycles. The van der Waals surface area contributed by atoms with Gasteiger partial charge >= 0.3 is 0 Å². The summed E-state index contributed by atoms with van der Waals surface area (Å²) >= 11 is 0. The topological polar surface area (TPSA) is 0 Å². The van der Waals surface area contributed by atoms with Crippen molar-refractivity contribution in [3.05, 3.63) is 69.8 Å². The van der Waals surface area contributed by atoms with E-state index >= 15 is 0 Å². The molecule has 4 heteroatoms. The molecule has 4 rings (SSSR count). The summed E-state index contributed by atoms with van der Waals surface area (Å²) in [5.74, 6) is -2.38. The molecule has 1 fully saturated rings. The molecule has 1 unspecified atom stereocenters. The van der Waals surface area contributed by atoms with Crippen molar-refractivity contribution in [3.63, 3.8) is 0 Å². The number of aryl methyl sites for hydroxylation is 1. The summed E-state index contributed by atoms with van der Waals surface area (Å²) < 4.78 is 57.8. The van der Waals surface area contributed by atoms with Gasteiger partial charge in [-0.2, -0.15) is 0 Å². The van der Waals surface area contributed by atoms with Gasteiger partial charge in [-0.25, -0.2) is 17.6 Å². The van der Waals surface area contributed by atoms with Gasteiger partial charge in [-0.05, 0) is 97.6 Å². The van der Waals surface area contributed by atoms with Crippen LogP contribution in [0.25, 0.3) is 0 Å². The summed E-state index contributed by atoms with van der Waals surface area (Å²) in [5, 5.41) is 0. The fourth-order valence-corrected chi connectivity index (χ4v) is 5.43. The molecular weight excluding hydrogens is 376 g/mol. The van der Waals surface area contributed by atoms with E-state index in [9.17, 15) is 17.6 Å². The van der Waals surface area contributed by atoms with E-state index in [1.165, 1.54) is 25.0 Å². The summed E-state index contributed by atoms with van der Waals surface area (Å²) in [5.41, 5.74) is 1.77. The lowest BCUT2D eigenvalue weighted by Gasteiger charge is -2.30. The van der Waals surface area contributed by atoms with Gasteiger partial charge in [-0.15, -0.1) is 0 Å². The molecule has 0 radical (unpaired) electrons. The highest BCUT2D eigenvalue weighted by molar-refractivity contribution is 5.38. The van der Waals surface area contributed by atoms with Crippen LogP contribution in [0, 0.1) is 29.2 Å². The smallest absolute Gasteiger partial charge is 0.162 e. The van der Waals surface area contributed by atoms with Crippen LogP contribution in [0.1, 0.15) is 86.0 Å². The number of fused-ring (bicyclic) bond motifs is 1. The second-order valence-corrected chi connectivity index (χ2v) is 8.84. The number of rotatable bonds is 4. The van der Waals surface area contributed by atoms with Gasteiger partial charge in [0, 0.05) is 5.56 Å². The van der Waals surface area contributed by atoms with E-state index in [1.54, 1.807) is 6.07 Å². The van der Waals surface area contributed by atoms with E-state index in [0.29, 0.717) is 12.8 Å². The average Bonchev–Trinajstić information content (AvgIpc) is 2.71. The van der Waals surface area contributed by atoms with Crippen molar-refractivity contribution in [1.82, 2.24) is 0 Å². The molecule has 2 aromatic carbocycles. The molecule has 0 bridgehead atoms. The molecule has 1 saturated carbocycles. The fourth-order valence-electron chi connectivity index (χ4n) is 5.43. The van der Waals surface area contributed by atoms with Crippen LogP contribution in [-0.2, 0) is 12.8 Å². The van der Waals surface area contributed by atoms with Crippen LogP contribution in [-0.4, -0.2) is 0 Å². The SMILES string of the molecule is CCCC1CCC(c2cc(F)c(C3CCc4ccc(F)c(F)c4C3)c(F)c2)CC1. The molecule has 1 atom stereocenters. The third-order valence-electron chi connectivity index (χ3n) is 7.03. The molecule has 0 saturated heterocycles. The normalized spacial score (nSPS) is 24.4. The Balaban J connectivity index is 1.55. The standard InChI is InChI=1S/C25H28F4/c1-2-3-15-4-6-16(7-5-15)19-13-22(27)24(23(28)14-19)18-9-8-17-10-11-21(26)25(29)20(17)12-18/h10-11,13-16,18H,2-9,12H2,1H3. The molecule has 156 valence electrons. The number of hydrogen-bond acceptors (Lipinski definition) is 0. The first-order valence-electron chi connectivity index (χ1n) is 10.9. The van der Waals surface area contributed by atoms with E-state index in [4.69, 9.17) is 0 Å². The van der Waals surface area contributed by atoms with Crippen molar-refractivity contribution >= 4 is 0 Å².